The second-order valence-electron chi connectivity index (χ2n) is 4.97. The monoisotopic (exact) mass is 318 g/mol. The number of nitrogens with one attached hydrogen (secondary N) is 1. The maximum Gasteiger partial charge on any atom is 0.387 e. The molecule has 0 unspecified atom stereocenters. The highest BCUT2D eigenvalue weighted by Crippen LogP contribution is 2.27. The standard InChI is InChI=1S/C15H21F3N2O2/c1-3-15(4-2,9-19)13(21)20-8-10-11(16)6-5-7-12(10)22-14(17)18/h5-7,14H,3-4,8-9,19H2,1-2H3,(H,20,21). The van der Waals surface area contributed by atoms with Gasteiger partial charge in [0.15, 0.2) is 0 Å². The summed E-state index contributed by atoms with van der Waals surface area (Å²) in [4.78, 5) is 12.3. The molecule has 0 aliphatic rings. The van der Waals surface area contributed by atoms with Crippen LogP contribution in [0.25, 0.3) is 0 Å². The number of carbonyl (C=O) groups excluding carboxylic acids is 1. The van der Waals surface area contributed by atoms with Crippen molar-refractivity contribution in [2.24, 2.45) is 11.1 Å². The number of carbonyl (C=O) groups is 1. The van der Waals surface area contributed by atoms with E-state index in [0.717, 1.165) is 6.07 Å². The molecule has 0 bridgehead atoms. The van der Waals surface area contributed by atoms with Gasteiger partial charge in [0.25, 0.3) is 0 Å². The van der Waals surface area contributed by atoms with Gasteiger partial charge in [-0.25, -0.2) is 4.39 Å². The lowest BCUT2D eigenvalue weighted by Gasteiger charge is -2.28. The van der Waals surface area contributed by atoms with Gasteiger partial charge in [0.05, 0.1) is 5.41 Å². The number of halogens is 3. The fourth-order valence-corrected chi connectivity index (χ4v) is 2.23. The van der Waals surface area contributed by atoms with Gasteiger partial charge in [-0.15, -0.1) is 0 Å². The molecule has 3 N–H and O–H groups in total. The molecule has 0 atom stereocenters. The lowest BCUT2D eigenvalue weighted by molar-refractivity contribution is -0.131. The lowest BCUT2D eigenvalue weighted by Crippen LogP contribution is -2.45. The minimum atomic E-state index is -3.06. The van der Waals surface area contributed by atoms with E-state index in [0.29, 0.717) is 12.8 Å². The molecule has 0 saturated heterocycles. The van der Waals surface area contributed by atoms with E-state index in [9.17, 15) is 18.0 Å². The van der Waals surface area contributed by atoms with Gasteiger partial charge in [-0.1, -0.05) is 19.9 Å². The molecule has 0 aromatic heterocycles. The minimum Gasteiger partial charge on any atom is -0.434 e. The highest BCUT2D eigenvalue weighted by atomic mass is 19.3. The van der Waals surface area contributed by atoms with Crippen LogP contribution in [0.5, 0.6) is 5.75 Å². The predicted octanol–water partition coefficient (Wildman–Crippen LogP) is 2.81. The summed E-state index contributed by atoms with van der Waals surface area (Å²) in [6.45, 7) is 0.527. The predicted molar refractivity (Wildman–Crippen MR) is 76.9 cm³/mol. The third kappa shape index (κ3) is 4.13. The second-order valence-corrected chi connectivity index (χ2v) is 4.97. The molecule has 1 aromatic carbocycles. The van der Waals surface area contributed by atoms with E-state index >= 15 is 0 Å². The summed E-state index contributed by atoms with van der Waals surface area (Å²) in [6.07, 6.45) is 1.06. The zero-order valence-corrected chi connectivity index (χ0v) is 12.7. The van der Waals surface area contributed by atoms with Crippen molar-refractivity contribution in [3.8, 4) is 5.75 Å². The van der Waals surface area contributed by atoms with Crippen molar-refractivity contribution in [3.63, 3.8) is 0 Å². The summed E-state index contributed by atoms with van der Waals surface area (Å²) in [5.41, 5.74) is 4.81. The summed E-state index contributed by atoms with van der Waals surface area (Å²) in [7, 11) is 0. The van der Waals surface area contributed by atoms with Gasteiger partial charge in [0.2, 0.25) is 5.91 Å². The third-order valence-corrected chi connectivity index (χ3v) is 3.94. The molecule has 0 heterocycles. The molecular formula is C15H21F3N2O2. The fourth-order valence-electron chi connectivity index (χ4n) is 2.23. The molecule has 0 fully saturated rings. The Kier molecular flexibility index (Phi) is 6.67. The van der Waals surface area contributed by atoms with Crippen molar-refractivity contribution in [1.82, 2.24) is 5.32 Å². The van der Waals surface area contributed by atoms with E-state index in [2.05, 4.69) is 10.1 Å². The van der Waals surface area contributed by atoms with Crippen LogP contribution in [-0.4, -0.2) is 19.1 Å². The minimum absolute atomic E-state index is 0.116. The van der Waals surface area contributed by atoms with Crippen LogP contribution in [0.15, 0.2) is 18.2 Å². The van der Waals surface area contributed by atoms with Gasteiger partial charge in [-0.2, -0.15) is 8.78 Å². The van der Waals surface area contributed by atoms with Gasteiger partial charge in [-0.05, 0) is 25.0 Å². The van der Waals surface area contributed by atoms with Crippen LogP contribution < -0.4 is 15.8 Å². The normalized spacial score (nSPS) is 11.6. The molecule has 0 saturated carbocycles. The molecule has 22 heavy (non-hydrogen) atoms. The van der Waals surface area contributed by atoms with E-state index in [-0.39, 0.29) is 30.3 Å². The Morgan fingerprint density at radius 3 is 2.50 bits per heavy atom. The van der Waals surface area contributed by atoms with Crippen molar-refractivity contribution < 1.29 is 22.7 Å². The van der Waals surface area contributed by atoms with Crippen LogP contribution in [-0.2, 0) is 11.3 Å². The van der Waals surface area contributed by atoms with Gasteiger partial charge < -0.3 is 15.8 Å². The summed E-state index contributed by atoms with van der Waals surface area (Å²) in [6, 6.07) is 3.61. The summed E-state index contributed by atoms with van der Waals surface area (Å²) >= 11 is 0. The number of rotatable bonds is 8. The van der Waals surface area contributed by atoms with Crippen molar-refractivity contribution in [2.45, 2.75) is 39.8 Å². The zero-order chi connectivity index (χ0) is 16.8. The van der Waals surface area contributed by atoms with Gasteiger partial charge >= 0.3 is 6.61 Å². The van der Waals surface area contributed by atoms with Gasteiger partial charge in [0, 0.05) is 18.7 Å². The molecule has 0 aliphatic carbocycles. The molecule has 1 aromatic rings. The Balaban J connectivity index is 2.90. The van der Waals surface area contributed by atoms with Gasteiger partial charge in [0.1, 0.15) is 11.6 Å². The maximum atomic E-state index is 13.8. The SMILES string of the molecule is CCC(CC)(CN)C(=O)NCc1c(F)cccc1OC(F)F. The number of hydrogen-bond donors (Lipinski definition) is 2. The average molecular weight is 318 g/mol. The number of ether oxygens (including phenoxy) is 1. The highest BCUT2D eigenvalue weighted by molar-refractivity contribution is 5.82. The first kappa shape index (κ1) is 18.3. The first-order chi connectivity index (χ1) is 10.4. The smallest absolute Gasteiger partial charge is 0.387 e. The quantitative estimate of drug-likeness (QED) is 0.774. The van der Waals surface area contributed by atoms with Crippen molar-refractivity contribution in [3.05, 3.63) is 29.6 Å². The summed E-state index contributed by atoms with van der Waals surface area (Å²) < 4.78 is 42.7. The molecule has 1 amide bonds. The molecule has 4 nitrogen and oxygen atoms in total. The van der Waals surface area contributed by atoms with Crippen LogP contribution in [0.4, 0.5) is 13.2 Å². The van der Waals surface area contributed by atoms with Crippen molar-refractivity contribution >= 4 is 5.91 Å². The zero-order valence-electron chi connectivity index (χ0n) is 12.7. The van der Waals surface area contributed by atoms with E-state index < -0.39 is 17.8 Å². The molecular weight excluding hydrogens is 297 g/mol. The number of alkyl halides is 2. The third-order valence-electron chi connectivity index (χ3n) is 3.94. The van der Waals surface area contributed by atoms with Crippen LogP contribution >= 0.6 is 0 Å². The molecule has 7 heteroatoms. The number of hydrogen-bond acceptors (Lipinski definition) is 3. The first-order valence-corrected chi connectivity index (χ1v) is 7.10. The molecule has 0 spiro atoms. The van der Waals surface area contributed by atoms with Crippen LogP contribution in [0.3, 0.4) is 0 Å². The number of amides is 1. The van der Waals surface area contributed by atoms with Crippen LogP contribution in [0.1, 0.15) is 32.3 Å². The summed E-state index contributed by atoms with van der Waals surface area (Å²) in [5.74, 6) is -1.34. The molecule has 0 aliphatic heterocycles. The fraction of sp³-hybridized carbons (Fsp3) is 0.533. The van der Waals surface area contributed by atoms with Crippen LogP contribution in [0.2, 0.25) is 0 Å². The van der Waals surface area contributed by atoms with Crippen molar-refractivity contribution in [1.29, 1.82) is 0 Å². The average Bonchev–Trinajstić information content (AvgIpc) is 2.48. The molecule has 0 radical (unpaired) electrons. The topological polar surface area (TPSA) is 64.4 Å². The molecule has 1 rings (SSSR count). The van der Waals surface area contributed by atoms with E-state index in [4.69, 9.17) is 5.73 Å². The van der Waals surface area contributed by atoms with E-state index in [1.54, 1.807) is 0 Å². The Bertz CT molecular complexity index is 497. The van der Waals surface area contributed by atoms with Crippen molar-refractivity contribution in [2.75, 3.05) is 6.54 Å². The summed E-state index contributed by atoms with van der Waals surface area (Å²) in [5, 5.41) is 2.56. The Hall–Kier alpha value is -1.76. The Morgan fingerprint density at radius 1 is 1.36 bits per heavy atom. The Labute approximate surface area is 127 Å². The Morgan fingerprint density at radius 2 is 2.00 bits per heavy atom. The lowest BCUT2D eigenvalue weighted by atomic mass is 9.81. The second kappa shape index (κ2) is 8.03. The number of benzene rings is 1. The maximum absolute atomic E-state index is 13.8. The number of nitrogens with two attached hydrogens (primary N) is 1. The van der Waals surface area contributed by atoms with Crippen LogP contribution in [0, 0.1) is 11.2 Å². The van der Waals surface area contributed by atoms with Gasteiger partial charge in [-0.3, -0.25) is 4.79 Å². The molecule has 124 valence electrons. The highest BCUT2D eigenvalue weighted by Gasteiger charge is 2.33. The first-order valence-electron chi connectivity index (χ1n) is 7.10. The van der Waals surface area contributed by atoms with E-state index in [1.807, 2.05) is 13.8 Å². The van der Waals surface area contributed by atoms with E-state index in [1.165, 1.54) is 12.1 Å². The largest absolute Gasteiger partial charge is 0.434 e.